The van der Waals surface area contributed by atoms with Gasteiger partial charge in [-0.15, -0.1) is 0 Å². The van der Waals surface area contributed by atoms with Crippen molar-refractivity contribution in [1.82, 2.24) is 0 Å². The molecule has 3 heteroatoms. The summed E-state index contributed by atoms with van der Waals surface area (Å²) in [6.45, 7) is 2.29. The average molecular weight is 396 g/mol. The Morgan fingerprint density at radius 3 is 2.38 bits per heavy atom. The Morgan fingerprint density at radius 1 is 0.862 bits per heavy atom. The van der Waals surface area contributed by atoms with Gasteiger partial charge < -0.3 is 0 Å². The van der Waals surface area contributed by atoms with Crippen LogP contribution in [0.15, 0.2) is 30.3 Å². The smallest absolute Gasteiger partial charge is 0.160 e. The van der Waals surface area contributed by atoms with Crippen molar-refractivity contribution in [2.45, 2.75) is 58.3 Å². The molecule has 2 aromatic carbocycles. The molecule has 1 atom stereocenters. The highest BCUT2D eigenvalue weighted by Crippen LogP contribution is 2.40. The summed E-state index contributed by atoms with van der Waals surface area (Å²) in [4.78, 5) is 0. The van der Waals surface area contributed by atoms with Crippen molar-refractivity contribution < 1.29 is 13.2 Å². The van der Waals surface area contributed by atoms with Crippen molar-refractivity contribution in [1.29, 1.82) is 0 Å². The number of halogens is 3. The molecule has 2 aliphatic carbocycles. The van der Waals surface area contributed by atoms with Gasteiger partial charge >= 0.3 is 0 Å². The van der Waals surface area contributed by atoms with Gasteiger partial charge in [0, 0.05) is 5.56 Å². The molecular weight excluding hydrogens is 369 g/mol. The second kappa shape index (κ2) is 8.66. The van der Waals surface area contributed by atoms with Crippen molar-refractivity contribution in [2.75, 3.05) is 0 Å². The first-order valence-corrected chi connectivity index (χ1v) is 10.8. The van der Waals surface area contributed by atoms with Crippen LogP contribution in [0.2, 0.25) is 0 Å². The fourth-order valence-electron chi connectivity index (χ4n) is 5.12. The van der Waals surface area contributed by atoms with E-state index in [2.05, 4.69) is 18.8 Å². The Bertz CT molecular complexity index is 942. The molecule has 29 heavy (non-hydrogen) atoms. The minimum Gasteiger partial charge on any atom is -0.205 e. The minimum absolute atomic E-state index is 0.245. The van der Waals surface area contributed by atoms with E-state index < -0.39 is 11.6 Å². The number of rotatable bonds is 2. The molecule has 0 N–H and O–H groups in total. The van der Waals surface area contributed by atoms with E-state index in [-0.39, 0.29) is 5.82 Å². The van der Waals surface area contributed by atoms with E-state index in [0.29, 0.717) is 17.0 Å². The molecule has 0 bridgehead atoms. The van der Waals surface area contributed by atoms with Crippen LogP contribution in [0.25, 0.3) is 0 Å². The van der Waals surface area contributed by atoms with Crippen LogP contribution < -0.4 is 0 Å². The summed E-state index contributed by atoms with van der Waals surface area (Å²) in [5, 5.41) is 0. The summed E-state index contributed by atoms with van der Waals surface area (Å²) < 4.78 is 41.4. The maximum Gasteiger partial charge on any atom is 0.160 e. The lowest BCUT2D eigenvalue weighted by molar-refractivity contribution is 0.186. The molecule has 2 aromatic rings. The zero-order valence-electron chi connectivity index (χ0n) is 16.9. The first-order chi connectivity index (χ1) is 14.0. The molecular formula is C26H27F3. The first-order valence-electron chi connectivity index (χ1n) is 10.8. The summed E-state index contributed by atoms with van der Waals surface area (Å²) >= 11 is 0. The maximum absolute atomic E-state index is 15.0. The Hall–Kier alpha value is -2.21. The third-order valence-corrected chi connectivity index (χ3v) is 6.98. The summed E-state index contributed by atoms with van der Waals surface area (Å²) in [7, 11) is 0. The van der Waals surface area contributed by atoms with Gasteiger partial charge in [-0.25, -0.2) is 13.2 Å². The van der Waals surface area contributed by atoms with Gasteiger partial charge in [0.2, 0.25) is 0 Å². The van der Waals surface area contributed by atoms with E-state index in [1.807, 2.05) is 6.07 Å². The third kappa shape index (κ3) is 4.37. The second-order valence-corrected chi connectivity index (χ2v) is 8.64. The summed E-state index contributed by atoms with van der Waals surface area (Å²) in [6.07, 6.45) is 9.39. The van der Waals surface area contributed by atoms with Crippen molar-refractivity contribution in [3.63, 3.8) is 0 Å². The number of fused-ring (bicyclic) bond motifs is 1. The summed E-state index contributed by atoms with van der Waals surface area (Å²) in [6, 6.07) is 7.22. The summed E-state index contributed by atoms with van der Waals surface area (Å²) in [5.74, 6) is 5.79. The lowest BCUT2D eigenvalue weighted by atomic mass is 9.69. The predicted octanol–water partition coefficient (Wildman–Crippen LogP) is 6.83. The van der Waals surface area contributed by atoms with Gasteiger partial charge in [-0.3, -0.25) is 0 Å². The Balaban J connectivity index is 1.49. The van der Waals surface area contributed by atoms with Gasteiger partial charge in [0.05, 0.1) is 5.56 Å². The van der Waals surface area contributed by atoms with Gasteiger partial charge in [-0.2, -0.15) is 0 Å². The lowest BCUT2D eigenvalue weighted by Crippen LogP contribution is -2.27. The molecule has 0 radical (unpaired) electrons. The molecule has 0 aliphatic heterocycles. The van der Waals surface area contributed by atoms with Crippen molar-refractivity contribution >= 4 is 0 Å². The van der Waals surface area contributed by atoms with E-state index in [4.69, 9.17) is 0 Å². The fourth-order valence-corrected chi connectivity index (χ4v) is 5.12. The molecule has 0 heterocycles. The van der Waals surface area contributed by atoms with Crippen LogP contribution in [0, 0.1) is 47.0 Å². The predicted molar refractivity (Wildman–Crippen MR) is 110 cm³/mol. The van der Waals surface area contributed by atoms with Crippen LogP contribution in [0.4, 0.5) is 13.2 Å². The highest BCUT2D eigenvalue weighted by atomic mass is 19.2. The molecule has 0 amide bonds. The van der Waals surface area contributed by atoms with Gasteiger partial charge in [-0.05, 0) is 85.3 Å². The van der Waals surface area contributed by atoms with Gasteiger partial charge in [-0.1, -0.05) is 44.1 Å². The van der Waals surface area contributed by atoms with Crippen LogP contribution in [0.3, 0.4) is 0 Å². The van der Waals surface area contributed by atoms with Gasteiger partial charge in [0.15, 0.2) is 11.6 Å². The van der Waals surface area contributed by atoms with Crippen LogP contribution in [-0.2, 0) is 12.8 Å². The standard InChI is InChI=1S/C26H27F3/c1-2-17-3-7-19(8-4-17)21-12-13-23-22(16-21)11-10-20(26(23)29)9-5-18-6-14-24(27)25(28)15-18/h6,10-11,14-15,17,19,21H,2-4,7-8,12-13,16H2,1H3. The lowest BCUT2D eigenvalue weighted by Gasteiger charge is -2.36. The Morgan fingerprint density at radius 2 is 1.66 bits per heavy atom. The normalized spacial score (nSPS) is 23.8. The van der Waals surface area contributed by atoms with Crippen LogP contribution in [0.5, 0.6) is 0 Å². The Kier molecular flexibility index (Phi) is 5.99. The van der Waals surface area contributed by atoms with Crippen LogP contribution >= 0.6 is 0 Å². The number of hydrogen-bond donors (Lipinski definition) is 0. The third-order valence-electron chi connectivity index (χ3n) is 6.98. The SMILES string of the molecule is CCC1CCC(C2CCc3c(ccc(C#Cc4ccc(F)c(F)c4)c3F)C2)CC1. The van der Waals surface area contributed by atoms with Crippen LogP contribution in [-0.4, -0.2) is 0 Å². The molecule has 2 aliphatic rings. The highest BCUT2D eigenvalue weighted by Gasteiger charge is 2.30. The van der Waals surface area contributed by atoms with Gasteiger partial charge in [0.25, 0.3) is 0 Å². The number of hydrogen-bond acceptors (Lipinski definition) is 0. The topological polar surface area (TPSA) is 0 Å². The molecule has 1 saturated carbocycles. The highest BCUT2D eigenvalue weighted by molar-refractivity contribution is 5.47. The molecule has 152 valence electrons. The van der Waals surface area contributed by atoms with Crippen LogP contribution in [0.1, 0.15) is 67.7 Å². The fraction of sp³-hybridized carbons (Fsp3) is 0.462. The molecule has 0 spiro atoms. The van der Waals surface area contributed by atoms with Crippen molar-refractivity contribution in [3.05, 3.63) is 70.0 Å². The van der Waals surface area contributed by atoms with Crippen molar-refractivity contribution in [3.8, 4) is 11.8 Å². The van der Waals surface area contributed by atoms with E-state index in [0.717, 1.165) is 54.4 Å². The van der Waals surface area contributed by atoms with E-state index in [1.54, 1.807) is 6.07 Å². The van der Waals surface area contributed by atoms with E-state index in [9.17, 15) is 8.78 Å². The molecule has 1 fully saturated rings. The zero-order chi connectivity index (χ0) is 20.4. The first kappa shape index (κ1) is 20.1. The average Bonchev–Trinajstić information content (AvgIpc) is 2.75. The molecule has 0 aromatic heterocycles. The molecule has 0 nitrogen and oxygen atoms in total. The Labute approximate surface area is 171 Å². The van der Waals surface area contributed by atoms with E-state index in [1.165, 1.54) is 38.2 Å². The summed E-state index contributed by atoms with van der Waals surface area (Å²) in [5.41, 5.74) is 2.58. The van der Waals surface area contributed by atoms with E-state index >= 15 is 4.39 Å². The largest absolute Gasteiger partial charge is 0.205 e. The molecule has 1 unspecified atom stereocenters. The molecule has 4 rings (SSSR count). The number of benzene rings is 2. The zero-order valence-corrected chi connectivity index (χ0v) is 16.9. The van der Waals surface area contributed by atoms with Gasteiger partial charge in [0.1, 0.15) is 5.82 Å². The second-order valence-electron chi connectivity index (χ2n) is 8.64. The van der Waals surface area contributed by atoms with Crippen molar-refractivity contribution in [2.24, 2.45) is 17.8 Å². The monoisotopic (exact) mass is 396 g/mol. The molecule has 0 saturated heterocycles. The maximum atomic E-state index is 15.0. The minimum atomic E-state index is -0.943. The quantitative estimate of drug-likeness (QED) is 0.488.